The minimum Gasteiger partial charge on any atom is -0.458 e. The van der Waals surface area contributed by atoms with Crippen LogP contribution in [0.2, 0.25) is 0 Å². The molecule has 1 aromatic heterocycles. The summed E-state index contributed by atoms with van der Waals surface area (Å²) in [6, 6.07) is 2.53. The van der Waals surface area contributed by atoms with E-state index < -0.39 is 23.5 Å². The van der Waals surface area contributed by atoms with E-state index in [2.05, 4.69) is 5.32 Å². The molecule has 0 fully saturated rings. The standard InChI is InChI=1S/C13H19NO4/c1-8-6-7-10(17-8)11(15)14-9(2)12(16)18-13(3,4)5/h6-7,9H,1-5H3,(H,14,15)/t9-/m1/s1. The van der Waals surface area contributed by atoms with Gasteiger partial charge in [-0.3, -0.25) is 4.79 Å². The van der Waals surface area contributed by atoms with E-state index in [1.165, 1.54) is 0 Å². The van der Waals surface area contributed by atoms with Crippen LogP contribution in [0, 0.1) is 6.92 Å². The van der Waals surface area contributed by atoms with Gasteiger partial charge in [-0.2, -0.15) is 0 Å². The number of esters is 1. The summed E-state index contributed by atoms with van der Waals surface area (Å²) in [6.45, 7) is 8.63. The van der Waals surface area contributed by atoms with Crippen molar-refractivity contribution >= 4 is 11.9 Å². The van der Waals surface area contributed by atoms with E-state index in [1.807, 2.05) is 0 Å². The molecule has 5 nitrogen and oxygen atoms in total. The first-order valence-electron chi connectivity index (χ1n) is 5.79. The minimum atomic E-state index is -0.720. The predicted octanol–water partition coefficient (Wildman–Crippen LogP) is 2.05. The molecule has 1 aromatic rings. The number of hydrogen-bond donors (Lipinski definition) is 1. The first-order chi connectivity index (χ1) is 8.19. The fraction of sp³-hybridized carbons (Fsp3) is 0.538. The van der Waals surface area contributed by atoms with E-state index in [9.17, 15) is 9.59 Å². The van der Waals surface area contributed by atoms with E-state index in [4.69, 9.17) is 9.15 Å². The van der Waals surface area contributed by atoms with E-state index in [0.29, 0.717) is 5.76 Å². The molecular weight excluding hydrogens is 234 g/mol. The Morgan fingerprint density at radius 1 is 1.33 bits per heavy atom. The van der Waals surface area contributed by atoms with Crippen molar-refractivity contribution in [1.82, 2.24) is 5.32 Å². The molecule has 1 rings (SSSR count). The van der Waals surface area contributed by atoms with E-state index in [-0.39, 0.29) is 5.76 Å². The van der Waals surface area contributed by atoms with Crippen LogP contribution in [0.4, 0.5) is 0 Å². The highest BCUT2D eigenvalue weighted by molar-refractivity contribution is 5.94. The molecule has 100 valence electrons. The molecule has 1 heterocycles. The molecule has 0 aliphatic rings. The van der Waals surface area contributed by atoms with Crippen LogP contribution >= 0.6 is 0 Å². The lowest BCUT2D eigenvalue weighted by Crippen LogP contribution is -2.42. The van der Waals surface area contributed by atoms with Crippen LogP contribution in [0.1, 0.15) is 44.0 Å². The summed E-state index contributed by atoms with van der Waals surface area (Å²) >= 11 is 0. The molecule has 0 radical (unpaired) electrons. The molecule has 0 aromatic carbocycles. The van der Waals surface area contributed by atoms with Gasteiger partial charge in [0, 0.05) is 0 Å². The number of aryl methyl sites for hydroxylation is 1. The van der Waals surface area contributed by atoms with Crippen molar-refractivity contribution in [2.45, 2.75) is 46.3 Å². The van der Waals surface area contributed by atoms with Crippen LogP contribution in [0.25, 0.3) is 0 Å². The zero-order valence-electron chi connectivity index (χ0n) is 11.4. The third-order valence-electron chi connectivity index (χ3n) is 2.07. The highest BCUT2D eigenvalue weighted by atomic mass is 16.6. The van der Waals surface area contributed by atoms with Crippen LogP contribution in [-0.4, -0.2) is 23.5 Å². The van der Waals surface area contributed by atoms with Crippen LogP contribution in [0.15, 0.2) is 16.5 Å². The van der Waals surface area contributed by atoms with Gasteiger partial charge in [-0.1, -0.05) is 0 Å². The van der Waals surface area contributed by atoms with E-state index >= 15 is 0 Å². The Morgan fingerprint density at radius 3 is 2.39 bits per heavy atom. The monoisotopic (exact) mass is 253 g/mol. The van der Waals surface area contributed by atoms with Crippen molar-refractivity contribution in [3.8, 4) is 0 Å². The molecule has 0 saturated carbocycles. The van der Waals surface area contributed by atoms with Crippen molar-refractivity contribution in [1.29, 1.82) is 0 Å². The van der Waals surface area contributed by atoms with Gasteiger partial charge in [0.25, 0.3) is 5.91 Å². The highest BCUT2D eigenvalue weighted by Crippen LogP contribution is 2.09. The molecule has 18 heavy (non-hydrogen) atoms. The predicted molar refractivity (Wildman–Crippen MR) is 66.2 cm³/mol. The van der Waals surface area contributed by atoms with Crippen LogP contribution in [0.5, 0.6) is 0 Å². The molecule has 0 spiro atoms. The number of rotatable bonds is 3. The van der Waals surface area contributed by atoms with Gasteiger partial charge in [-0.05, 0) is 46.8 Å². The number of ether oxygens (including phenoxy) is 1. The molecule has 1 N–H and O–H groups in total. The van der Waals surface area contributed by atoms with E-state index in [1.54, 1.807) is 46.8 Å². The Kier molecular flexibility index (Phi) is 4.16. The van der Waals surface area contributed by atoms with Gasteiger partial charge in [0.2, 0.25) is 0 Å². The first-order valence-corrected chi connectivity index (χ1v) is 5.79. The highest BCUT2D eigenvalue weighted by Gasteiger charge is 2.24. The van der Waals surface area contributed by atoms with Crippen molar-refractivity contribution in [3.05, 3.63) is 23.7 Å². The molecule has 1 atom stereocenters. The molecule has 1 amide bonds. The van der Waals surface area contributed by atoms with Gasteiger partial charge in [0.15, 0.2) is 5.76 Å². The van der Waals surface area contributed by atoms with Gasteiger partial charge in [-0.15, -0.1) is 0 Å². The average Bonchev–Trinajstić information content (AvgIpc) is 2.62. The van der Waals surface area contributed by atoms with Gasteiger partial charge in [0.1, 0.15) is 17.4 Å². The van der Waals surface area contributed by atoms with Crippen LogP contribution in [-0.2, 0) is 9.53 Å². The largest absolute Gasteiger partial charge is 0.458 e. The van der Waals surface area contributed by atoms with Gasteiger partial charge in [-0.25, -0.2) is 4.79 Å². The zero-order valence-corrected chi connectivity index (χ0v) is 11.4. The lowest BCUT2D eigenvalue weighted by molar-refractivity contribution is -0.156. The number of carbonyl (C=O) groups excluding carboxylic acids is 2. The molecule has 0 unspecified atom stereocenters. The maximum Gasteiger partial charge on any atom is 0.328 e. The Balaban J connectivity index is 2.57. The number of carbonyl (C=O) groups is 2. The fourth-order valence-corrected chi connectivity index (χ4v) is 1.27. The zero-order chi connectivity index (χ0) is 13.9. The normalized spacial score (nSPS) is 12.9. The van der Waals surface area contributed by atoms with Crippen LogP contribution < -0.4 is 5.32 Å². The summed E-state index contributed by atoms with van der Waals surface area (Å²) in [4.78, 5) is 23.4. The van der Waals surface area contributed by atoms with Gasteiger partial charge < -0.3 is 14.5 Å². The second-order valence-electron chi connectivity index (χ2n) is 5.14. The summed E-state index contributed by atoms with van der Waals surface area (Å²) in [5, 5.41) is 2.52. The lowest BCUT2D eigenvalue weighted by Gasteiger charge is -2.22. The van der Waals surface area contributed by atoms with Gasteiger partial charge in [0.05, 0.1) is 0 Å². The first kappa shape index (κ1) is 14.3. The van der Waals surface area contributed by atoms with Crippen molar-refractivity contribution in [2.24, 2.45) is 0 Å². The molecule has 0 saturated heterocycles. The average molecular weight is 253 g/mol. The summed E-state index contributed by atoms with van der Waals surface area (Å²) in [7, 11) is 0. The molecular formula is C13H19NO4. The maximum absolute atomic E-state index is 11.7. The lowest BCUT2D eigenvalue weighted by atomic mass is 10.2. The quantitative estimate of drug-likeness (QED) is 0.837. The van der Waals surface area contributed by atoms with E-state index in [0.717, 1.165) is 0 Å². The topological polar surface area (TPSA) is 68.5 Å². The Labute approximate surface area is 106 Å². The number of amides is 1. The Bertz CT molecular complexity index is 442. The maximum atomic E-state index is 11.7. The third-order valence-corrected chi connectivity index (χ3v) is 2.07. The molecule has 0 aliphatic carbocycles. The second kappa shape index (κ2) is 5.25. The third kappa shape index (κ3) is 4.24. The molecule has 5 heteroatoms. The SMILES string of the molecule is Cc1ccc(C(=O)N[C@H](C)C(=O)OC(C)(C)C)o1. The molecule has 0 aliphatic heterocycles. The van der Waals surface area contributed by atoms with Gasteiger partial charge >= 0.3 is 5.97 Å². The van der Waals surface area contributed by atoms with Crippen molar-refractivity contribution in [2.75, 3.05) is 0 Å². The van der Waals surface area contributed by atoms with Crippen molar-refractivity contribution in [3.63, 3.8) is 0 Å². The summed E-state index contributed by atoms with van der Waals surface area (Å²) in [5.41, 5.74) is -0.572. The summed E-state index contributed by atoms with van der Waals surface area (Å²) in [6.07, 6.45) is 0. The number of hydrogen-bond acceptors (Lipinski definition) is 4. The second-order valence-corrected chi connectivity index (χ2v) is 5.14. The Hall–Kier alpha value is -1.78. The minimum absolute atomic E-state index is 0.183. The summed E-state index contributed by atoms with van der Waals surface area (Å²) < 4.78 is 10.3. The summed E-state index contributed by atoms with van der Waals surface area (Å²) in [5.74, 6) is -0.0754. The Morgan fingerprint density at radius 2 is 1.94 bits per heavy atom. The number of furan rings is 1. The fourth-order valence-electron chi connectivity index (χ4n) is 1.27. The molecule has 0 bridgehead atoms. The van der Waals surface area contributed by atoms with Crippen LogP contribution in [0.3, 0.4) is 0 Å². The van der Waals surface area contributed by atoms with Crippen molar-refractivity contribution < 1.29 is 18.7 Å². The smallest absolute Gasteiger partial charge is 0.328 e. The number of nitrogens with one attached hydrogen (secondary N) is 1.